The maximum atomic E-state index is 6.04. The topological polar surface area (TPSA) is 31.6 Å². The van der Waals surface area contributed by atoms with Gasteiger partial charge in [-0.3, -0.25) is 0 Å². The third-order valence-electron chi connectivity index (χ3n) is 2.06. The summed E-state index contributed by atoms with van der Waals surface area (Å²) < 4.78 is 0.638. The number of H-pyrrole nitrogens is 2. The lowest BCUT2D eigenvalue weighted by molar-refractivity contribution is 1.14. The Balaban J connectivity index is 2.80. The van der Waals surface area contributed by atoms with Gasteiger partial charge in [-0.15, -0.1) is 0 Å². The van der Waals surface area contributed by atoms with E-state index in [2.05, 4.69) is 16.9 Å². The maximum Gasteiger partial charge on any atom is 0.175 e. The number of aromatic nitrogens is 2. The van der Waals surface area contributed by atoms with E-state index < -0.39 is 0 Å². The zero-order valence-electron chi connectivity index (χ0n) is 7.15. The van der Waals surface area contributed by atoms with Gasteiger partial charge in [0.1, 0.15) is 0 Å². The Bertz CT molecular complexity index is 498. The van der Waals surface area contributed by atoms with Crippen molar-refractivity contribution in [1.29, 1.82) is 0 Å². The first-order valence-corrected chi connectivity index (χ1v) is 4.89. The normalized spacial score (nSPS) is 10.9. The molecule has 0 bridgehead atoms. The van der Waals surface area contributed by atoms with Crippen LogP contribution >= 0.6 is 23.8 Å². The van der Waals surface area contributed by atoms with Crippen molar-refractivity contribution in [3.63, 3.8) is 0 Å². The van der Waals surface area contributed by atoms with Crippen LogP contribution in [-0.2, 0) is 6.42 Å². The Kier molecular flexibility index (Phi) is 2.14. The predicted molar refractivity (Wildman–Crippen MR) is 57.9 cm³/mol. The largest absolute Gasteiger partial charge is 0.331 e. The van der Waals surface area contributed by atoms with Crippen molar-refractivity contribution in [2.45, 2.75) is 13.3 Å². The van der Waals surface area contributed by atoms with Crippen LogP contribution in [0.25, 0.3) is 11.0 Å². The standard InChI is InChI=1S/C9H9ClN2S/c1-2-5-3-7-8(4-6(5)10)12-9(13)11-7/h3-4H,2H2,1H3,(H2,11,12,13). The summed E-state index contributed by atoms with van der Waals surface area (Å²) in [5.74, 6) is 0. The van der Waals surface area contributed by atoms with E-state index >= 15 is 0 Å². The zero-order chi connectivity index (χ0) is 9.42. The molecule has 1 aromatic heterocycles. The molecule has 1 aromatic carbocycles. The molecule has 0 aliphatic rings. The smallest absolute Gasteiger partial charge is 0.175 e. The van der Waals surface area contributed by atoms with Crippen LogP contribution in [0.2, 0.25) is 5.02 Å². The predicted octanol–water partition coefficient (Wildman–Crippen LogP) is 3.44. The second-order valence-corrected chi connectivity index (χ2v) is 3.74. The van der Waals surface area contributed by atoms with Crippen LogP contribution in [0.3, 0.4) is 0 Å². The number of hydrogen-bond acceptors (Lipinski definition) is 1. The van der Waals surface area contributed by atoms with Crippen LogP contribution in [0.15, 0.2) is 12.1 Å². The first-order valence-electron chi connectivity index (χ1n) is 4.11. The molecule has 0 aliphatic heterocycles. The molecule has 0 fully saturated rings. The fourth-order valence-corrected chi connectivity index (χ4v) is 1.89. The number of fused-ring (bicyclic) bond motifs is 1. The summed E-state index contributed by atoms with van der Waals surface area (Å²) in [6.07, 6.45) is 0.931. The molecular formula is C9H9ClN2S. The molecule has 68 valence electrons. The molecule has 2 N–H and O–H groups in total. The highest BCUT2D eigenvalue weighted by molar-refractivity contribution is 7.71. The van der Waals surface area contributed by atoms with Crippen LogP contribution < -0.4 is 0 Å². The second kappa shape index (κ2) is 3.16. The van der Waals surface area contributed by atoms with Crippen molar-refractivity contribution in [3.8, 4) is 0 Å². The fraction of sp³-hybridized carbons (Fsp3) is 0.222. The summed E-state index contributed by atoms with van der Waals surface area (Å²) in [4.78, 5) is 6.09. The highest BCUT2D eigenvalue weighted by atomic mass is 35.5. The van der Waals surface area contributed by atoms with E-state index in [9.17, 15) is 0 Å². The highest BCUT2D eigenvalue weighted by Crippen LogP contribution is 2.22. The summed E-state index contributed by atoms with van der Waals surface area (Å²) in [6, 6.07) is 3.94. The molecule has 2 rings (SSSR count). The van der Waals surface area contributed by atoms with Gasteiger partial charge < -0.3 is 9.97 Å². The lowest BCUT2D eigenvalue weighted by Crippen LogP contribution is -1.82. The monoisotopic (exact) mass is 212 g/mol. The van der Waals surface area contributed by atoms with Gasteiger partial charge in [0.2, 0.25) is 0 Å². The zero-order valence-corrected chi connectivity index (χ0v) is 8.72. The van der Waals surface area contributed by atoms with Crippen molar-refractivity contribution in [1.82, 2.24) is 9.97 Å². The van der Waals surface area contributed by atoms with E-state index in [1.807, 2.05) is 12.1 Å². The number of benzene rings is 1. The minimum Gasteiger partial charge on any atom is -0.331 e. The minimum atomic E-state index is 0.638. The highest BCUT2D eigenvalue weighted by Gasteiger charge is 2.02. The molecule has 1 heterocycles. The molecule has 0 amide bonds. The lowest BCUT2D eigenvalue weighted by atomic mass is 10.1. The van der Waals surface area contributed by atoms with E-state index in [-0.39, 0.29) is 0 Å². The average molecular weight is 213 g/mol. The van der Waals surface area contributed by atoms with Crippen LogP contribution in [0, 0.1) is 4.77 Å². The van der Waals surface area contributed by atoms with Crippen LogP contribution in [0.4, 0.5) is 0 Å². The van der Waals surface area contributed by atoms with Crippen molar-refractivity contribution in [3.05, 3.63) is 27.5 Å². The SMILES string of the molecule is CCc1cc2[nH]c(=S)[nH]c2cc1Cl. The van der Waals surface area contributed by atoms with Gasteiger partial charge in [0, 0.05) is 5.02 Å². The molecule has 0 atom stereocenters. The number of hydrogen-bond donors (Lipinski definition) is 2. The Labute approximate surface area is 85.9 Å². The summed E-state index contributed by atoms with van der Waals surface area (Å²) in [7, 11) is 0. The van der Waals surface area contributed by atoms with Crippen molar-refractivity contribution in [2.24, 2.45) is 0 Å². The summed E-state index contributed by atoms with van der Waals surface area (Å²) in [5.41, 5.74) is 3.12. The molecular weight excluding hydrogens is 204 g/mol. The molecule has 0 saturated carbocycles. The van der Waals surface area contributed by atoms with Crippen LogP contribution in [0.1, 0.15) is 12.5 Å². The van der Waals surface area contributed by atoms with E-state index in [0.717, 1.165) is 28.0 Å². The van der Waals surface area contributed by atoms with Gasteiger partial charge in [-0.25, -0.2) is 0 Å². The van der Waals surface area contributed by atoms with Gasteiger partial charge >= 0.3 is 0 Å². The van der Waals surface area contributed by atoms with Gasteiger partial charge in [-0.1, -0.05) is 18.5 Å². The third kappa shape index (κ3) is 1.49. The van der Waals surface area contributed by atoms with E-state index in [0.29, 0.717) is 4.77 Å². The Morgan fingerprint density at radius 1 is 1.31 bits per heavy atom. The summed E-state index contributed by atoms with van der Waals surface area (Å²) in [5, 5.41) is 0.792. The number of rotatable bonds is 1. The summed E-state index contributed by atoms with van der Waals surface area (Å²) in [6.45, 7) is 2.08. The second-order valence-electron chi connectivity index (χ2n) is 2.92. The van der Waals surface area contributed by atoms with Crippen molar-refractivity contribution in [2.75, 3.05) is 0 Å². The number of aromatic amines is 2. The number of imidazole rings is 1. The van der Waals surface area contributed by atoms with Crippen molar-refractivity contribution < 1.29 is 0 Å². The molecule has 0 unspecified atom stereocenters. The first kappa shape index (κ1) is 8.78. The summed E-state index contributed by atoms with van der Waals surface area (Å²) >= 11 is 11.0. The Hall–Kier alpha value is -0.800. The van der Waals surface area contributed by atoms with Crippen LogP contribution in [-0.4, -0.2) is 9.97 Å². The average Bonchev–Trinajstić information content (AvgIpc) is 2.42. The number of halogens is 1. The van der Waals surface area contributed by atoms with Gasteiger partial charge in [0.25, 0.3) is 0 Å². The van der Waals surface area contributed by atoms with E-state index in [4.69, 9.17) is 23.8 Å². The van der Waals surface area contributed by atoms with Gasteiger partial charge in [-0.05, 0) is 36.3 Å². The molecule has 0 saturated heterocycles. The van der Waals surface area contributed by atoms with E-state index in [1.54, 1.807) is 0 Å². The third-order valence-corrected chi connectivity index (χ3v) is 2.62. The Morgan fingerprint density at radius 3 is 2.54 bits per heavy atom. The van der Waals surface area contributed by atoms with Crippen molar-refractivity contribution >= 4 is 34.9 Å². The lowest BCUT2D eigenvalue weighted by Gasteiger charge is -1.99. The molecule has 4 heteroatoms. The van der Waals surface area contributed by atoms with Gasteiger partial charge in [0.05, 0.1) is 11.0 Å². The number of nitrogens with one attached hydrogen (secondary N) is 2. The fourth-order valence-electron chi connectivity index (χ4n) is 1.37. The van der Waals surface area contributed by atoms with Crippen LogP contribution in [0.5, 0.6) is 0 Å². The Morgan fingerprint density at radius 2 is 1.92 bits per heavy atom. The van der Waals surface area contributed by atoms with Gasteiger partial charge in [0.15, 0.2) is 4.77 Å². The molecule has 0 radical (unpaired) electrons. The first-order chi connectivity index (χ1) is 6.20. The molecule has 2 nitrogen and oxygen atoms in total. The number of aryl methyl sites for hydroxylation is 1. The van der Waals surface area contributed by atoms with E-state index in [1.165, 1.54) is 0 Å². The maximum absolute atomic E-state index is 6.04. The molecule has 2 aromatic rings. The molecule has 0 aliphatic carbocycles. The molecule has 13 heavy (non-hydrogen) atoms. The minimum absolute atomic E-state index is 0.638. The molecule has 0 spiro atoms. The quantitative estimate of drug-likeness (QED) is 0.698. The van der Waals surface area contributed by atoms with Gasteiger partial charge in [-0.2, -0.15) is 0 Å².